The molecule has 0 amide bonds. The van der Waals surface area contributed by atoms with Crippen LogP contribution in [0.4, 0.5) is 0 Å². The topological polar surface area (TPSA) is 86.2 Å². The van der Waals surface area contributed by atoms with Crippen molar-refractivity contribution in [1.82, 2.24) is 10.1 Å². The number of sulfone groups is 1. The molecule has 0 atom stereocenters. The summed E-state index contributed by atoms with van der Waals surface area (Å²) in [5.74, 6) is 1.05. The minimum Gasteiger partial charge on any atom is -0.455 e. The van der Waals surface area contributed by atoms with E-state index in [-0.39, 0.29) is 16.5 Å². The molecule has 4 aromatic rings. The first kappa shape index (κ1) is 20.4. The largest absolute Gasteiger partial charge is 0.455 e. The predicted molar refractivity (Wildman–Crippen MR) is 116 cm³/mol. The summed E-state index contributed by atoms with van der Waals surface area (Å²) >= 11 is 1.65. The van der Waals surface area contributed by atoms with Crippen molar-refractivity contribution in [2.45, 2.75) is 29.4 Å². The number of aromatic nitrogens is 2. The molecule has 0 spiro atoms. The summed E-state index contributed by atoms with van der Waals surface area (Å²) in [6.45, 7) is 3.83. The lowest BCUT2D eigenvalue weighted by atomic mass is 10.1. The normalized spacial score (nSPS) is 11.7. The van der Waals surface area contributed by atoms with Gasteiger partial charge < -0.3 is 8.94 Å². The SMILES string of the molecule is CSc1ccc(-c2noc(-c3ccc(CS(=O)(=O)c4ccc(C)c(C)c4)o3)n2)cc1. The molecule has 2 aromatic carbocycles. The lowest BCUT2D eigenvalue weighted by Gasteiger charge is -2.05. The number of rotatable bonds is 6. The third-order valence-electron chi connectivity index (χ3n) is 4.82. The van der Waals surface area contributed by atoms with Crippen LogP contribution in [0.5, 0.6) is 0 Å². The van der Waals surface area contributed by atoms with Crippen molar-refractivity contribution >= 4 is 21.6 Å². The highest BCUT2D eigenvalue weighted by molar-refractivity contribution is 7.98. The van der Waals surface area contributed by atoms with E-state index in [1.165, 1.54) is 0 Å². The summed E-state index contributed by atoms with van der Waals surface area (Å²) in [5.41, 5.74) is 2.80. The third-order valence-corrected chi connectivity index (χ3v) is 7.20. The van der Waals surface area contributed by atoms with Crippen LogP contribution in [-0.2, 0) is 15.6 Å². The van der Waals surface area contributed by atoms with E-state index >= 15 is 0 Å². The molecule has 0 saturated carbocycles. The second-order valence-corrected chi connectivity index (χ2v) is 9.79. The number of aryl methyl sites for hydroxylation is 2. The van der Waals surface area contributed by atoms with Crippen molar-refractivity contribution in [3.63, 3.8) is 0 Å². The lowest BCUT2D eigenvalue weighted by Crippen LogP contribution is -2.05. The highest BCUT2D eigenvalue weighted by atomic mass is 32.2. The Morgan fingerprint density at radius 3 is 2.43 bits per heavy atom. The zero-order valence-corrected chi connectivity index (χ0v) is 18.4. The van der Waals surface area contributed by atoms with Crippen LogP contribution in [0.25, 0.3) is 23.0 Å². The first-order valence-electron chi connectivity index (χ1n) is 9.23. The van der Waals surface area contributed by atoms with Gasteiger partial charge in [0, 0.05) is 10.5 Å². The first-order chi connectivity index (χ1) is 14.4. The molecule has 6 nitrogen and oxygen atoms in total. The van der Waals surface area contributed by atoms with Gasteiger partial charge in [0.25, 0.3) is 5.89 Å². The van der Waals surface area contributed by atoms with Crippen LogP contribution in [0.1, 0.15) is 16.9 Å². The molecule has 0 aliphatic rings. The monoisotopic (exact) mass is 440 g/mol. The maximum absolute atomic E-state index is 12.7. The van der Waals surface area contributed by atoms with Gasteiger partial charge in [-0.15, -0.1) is 11.8 Å². The molecule has 30 heavy (non-hydrogen) atoms. The Bertz CT molecular complexity index is 1290. The maximum Gasteiger partial charge on any atom is 0.293 e. The van der Waals surface area contributed by atoms with Crippen molar-refractivity contribution in [1.29, 1.82) is 0 Å². The quantitative estimate of drug-likeness (QED) is 0.376. The van der Waals surface area contributed by atoms with Gasteiger partial charge in [-0.1, -0.05) is 11.2 Å². The Morgan fingerprint density at radius 2 is 1.73 bits per heavy atom. The van der Waals surface area contributed by atoms with Crippen molar-refractivity contribution in [2.75, 3.05) is 6.26 Å². The lowest BCUT2D eigenvalue weighted by molar-refractivity contribution is 0.413. The van der Waals surface area contributed by atoms with Gasteiger partial charge in [-0.2, -0.15) is 4.98 Å². The predicted octanol–water partition coefficient (Wildman–Crippen LogP) is 5.31. The van der Waals surface area contributed by atoms with E-state index in [0.29, 0.717) is 17.3 Å². The fourth-order valence-corrected chi connectivity index (χ4v) is 4.67. The summed E-state index contributed by atoms with van der Waals surface area (Å²) in [6, 6.07) is 16.2. The second kappa shape index (κ2) is 8.12. The van der Waals surface area contributed by atoms with Gasteiger partial charge in [-0.3, -0.25) is 0 Å². The molecule has 0 N–H and O–H groups in total. The summed E-state index contributed by atoms with van der Waals surface area (Å²) in [4.78, 5) is 5.78. The molecule has 0 aliphatic carbocycles. The Balaban J connectivity index is 1.54. The Labute approximate surface area is 179 Å². The maximum atomic E-state index is 12.7. The van der Waals surface area contributed by atoms with Crippen LogP contribution in [0, 0.1) is 13.8 Å². The second-order valence-electron chi connectivity index (χ2n) is 6.92. The van der Waals surface area contributed by atoms with E-state index in [1.807, 2.05) is 50.4 Å². The van der Waals surface area contributed by atoms with Crippen molar-refractivity contribution in [3.05, 3.63) is 71.5 Å². The van der Waals surface area contributed by atoms with Crippen molar-refractivity contribution in [3.8, 4) is 23.0 Å². The molecule has 0 aliphatic heterocycles. The Hall–Kier alpha value is -2.84. The molecule has 2 aromatic heterocycles. The van der Waals surface area contributed by atoms with Crippen LogP contribution in [0.2, 0.25) is 0 Å². The molecule has 0 saturated heterocycles. The number of nitrogens with zero attached hydrogens (tertiary/aromatic N) is 2. The standard InChI is InChI=1S/C22H20N2O4S2/c1-14-4-10-19(12-15(14)2)30(25,26)13-17-7-11-20(27-17)22-23-21(24-28-22)16-5-8-18(29-3)9-6-16/h4-12H,13H2,1-3H3. The van der Waals surface area contributed by atoms with Crippen LogP contribution < -0.4 is 0 Å². The van der Waals surface area contributed by atoms with Crippen molar-refractivity contribution < 1.29 is 17.4 Å². The van der Waals surface area contributed by atoms with Gasteiger partial charge in [0.15, 0.2) is 15.6 Å². The Kier molecular flexibility index (Phi) is 5.53. The van der Waals surface area contributed by atoms with Gasteiger partial charge in [-0.25, -0.2) is 8.42 Å². The molecule has 0 radical (unpaired) electrons. The van der Waals surface area contributed by atoms with E-state index < -0.39 is 9.84 Å². The molecule has 0 unspecified atom stereocenters. The summed E-state index contributed by atoms with van der Waals surface area (Å²) in [5, 5.41) is 4.00. The van der Waals surface area contributed by atoms with Gasteiger partial charge in [-0.05, 0) is 79.8 Å². The first-order valence-corrected chi connectivity index (χ1v) is 12.1. The number of hydrogen-bond acceptors (Lipinski definition) is 7. The van der Waals surface area contributed by atoms with Crippen LogP contribution in [-0.4, -0.2) is 24.8 Å². The highest BCUT2D eigenvalue weighted by Gasteiger charge is 2.20. The van der Waals surface area contributed by atoms with Crippen LogP contribution in [0.3, 0.4) is 0 Å². The summed E-state index contributed by atoms with van der Waals surface area (Å²) in [6.07, 6.45) is 2.01. The smallest absolute Gasteiger partial charge is 0.293 e. The van der Waals surface area contributed by atoms with Gasteiger partial charge in [0.05, 0.1) is 4.90 Å². The zero-order valence-electron chi connectivity index (χ0n) is 16.7. The van der Waals surface area contributed by atoms with E-state index in [4.69, 9.17) is 8.94 Å². The van der Waals surface area contributed by atoms with Crippen LogP contribution >= 0.6 is 11.8 Å². The molecule has 154 valence electrons. The number of hydrogen-bond donors (Lipinski definition) is 0. The molecular weight excluding hydrogens is 420 g/mol. The molecule has 0 bridgehead atoms. The minimum absolute atomic E-state index is 0.203. The number of thioether (sulfide) groups is 1. The average Bonchev–Trinajstić information content (AvgIpc) is 3.39. The molecule has 4 rings (SSSR count). The summed E-state index contributed by atoms with van der Waals surface area (Å²) < 4.78 is 36.5. The van der Waals surface area contributed by atoms with E-state index in [2.05, 4.69) is 10.1 Å². The summed E-state index contributed by atoms with van der Waals surface area (Å²) in [7, 11) is -3.53. The zero-order chi connectivity index (χ0) is 21.3. The molecule has 0 fully saturated rings. The minimum atomic E-state index is -3.53. The molecular formula is C22H20N2O4S2. The van der Waals surface area contributed by atoms with E-state index in [0.717, 1.165) is 21.6 Å². The molecule has 8 heteroatoms. The van der Waals surface area contributed by atoms with Gasteiger partial charge >= 0.3 is 0 Å². The van der Waals surface area contributed by atoms with E-state index in [9.17, 15) is 8.42 Å². The third kappa shape index (κ3) is 4.20. The van der Waals surface area contributed by atoms with E-state index in [1.54, 1.807) is 36.0 Å². The van der Waals surface area contributed by atoms with Crippen LogP contribution in [0.15, 0.2) is 73.3 Å². The number of furan rings is 1. The highest BCUT2D eigenvalue weighted by Crippen LogP contribution is 2.27. The fourth-order valence-electron chi connectivity index (χ4n) is 2.93. The average molecular weight is 441 g/mol. The van der Waals surface area contributed by atoms with Gasteiger partial charge in [0.1, 0.15) is 11.5 Å². The Morgan fingerprint density at radius 1 is 0.967 bits per heavy atom. The number of benzene rings is 2. The molecule has 2 heterocycles. The fraction of sp³-hybridized carbons (Fsp3) is 0.182. The van der Waals surface area contributed by atoms with Gasteiger partial charge in [0.2, 0.25) is 5.82 Å². The van der Waals surface area contributed by atoms with Crippen molar-refractivity contribution in [2.24, 2.45) is 0 Å².